The molecule has 0 spiro atoms. The summed E-state index contributed by atoms with van der Waals surface area (Å²) in [5, 5.41) is 9.21. The van der Waals surface area contributed by atoms with E-state index in [2.05, 4.69) is 20.7 Å². The van der Waals surface area contributed by atoms with Crippen LogP contribution in [0, 0.1) is 18.8 Å². The molecule has 2 fully saturated rings. The molecular formula is C32H36N4O7. The van der Waals surface area contributed by atoms with Gasteiger partial charge in [0.15, 0.2) is 5.76 Å². The van der Waals surface area contributed by atoms with Crippen LogP contribution in [0.5, 0.6) is 0 Å². The van der Waals surface area contributed by atoms with Crippen LogP contribution in [0.3, 0.4) is 0 Å². The summed E-state index contributed by atoms with van der Waals surface area (Å²) in [6.07, 6.45) is 9.17. The molecule has 43 heavy (non-hydrogen) atoms. The maximum atomic E-state index is 13.4. The number of carbonyl (C=O) groups excluding carboxylic acids is 4. The van der Waals surface area contributed by atoms with Gasteiger partial charge < -0.3 is 29.7 Å². The number of aryl methyl sites for hydroxylation is 1. The third kappa shape index (κ3) is 6.71. The number of amides is 3. The Kier molecular flexibility index (Phi) is 9.08. The number of esters is 1. The Morgan fingerprint density at radius 3 is 2.49 bits per heavy atom. The Labute approximate surface area is 248 Å². The molecule has 2 aliphatic rings. The lowest BCUT2D eigenvalue weighted by Crippen LogP contribution is -2.45. The standard InChI is InChI=1S/C32H36N4O7/c1-19-22-8-3-5-11-25(22)43-29(19)31(40)33-23(9-4-6-12-27(38)42-2)30(39)34-24-10-7-17-36(32(24)41)18-26(37)35-28-20-13-14-21(28)16-15-20/h3,5-8,10-12,17,20-21,23,28H,4,9,13-16,18H2,1-2H3,(H,33,40)(H,34,39)(H,35,37)/b12-6+. The van der Waals surface area contributed by atoms with Crippen LogP contribution in [0.4, 0.5) is 5.69 Å². The number of aromatic nitrogens is 1. The average molecular weight is 589 g/mol. The number of fused-ring (bicyclic) bond motifs is 3. The van der Waals surface area contributed by atoms with Gasteiger partial charge in [0.2, 0.25) is 11.8 Å². The number of para-hydroxylation sites is 1. The van der Waals surface area contributed by atoms with Gasteiger partial charge in [0.25, 0.3) is 11.5 Å². The number of nitrogens with one attached hydrogen (secondary N) is 3. The molecule has 3 N–H and O–H groups in total. The smallest absolute Gasteiger partial charge is 0.330 e. The molecule has 11 heteroatoms. The van der Waals surface area contributed by atoms with E-state index in [0.717, 1.165) is 31.1 Å². The second kappa shape index (κ2) is 13.1. The van der Waals surface area contributed by atoms with Crippen molar-refractivity contribution in [3.8, 4) is 0 Å². The first-order valence-corrected chi connectivity index (χ1v) is 14.6. The van der Waals surface area contributed by atoms with Gasteiger partial charge >= 0.3 is 5.97 Å². The van der Waals surface area contributed by atoms with Gasteiger partial charge in [0, 0.05) is 29.3 Å². The van der Waals surface area contributed by atoms with Crippen molar-refractivity contribution in [2.75, 3.05) is 12.4 Å². The Balaban J connectivity index is 1.29. The van der Waals surface area contributed by atoms with Crippen LogP contribution in [0.15, 0.2) is 64.0 Å². The highest BCUT2D eigenvalue weighted by Gasteiger charge is 2.42. The molecule has 0 aliphatic heterocycles. The summed E-state index contributed by atoms with van der Waals surface area (Å²) >= 11 is 0. The minimum absolute atomic E-state index is 0.0227. The highest BCUT2D eigenvalue weighted by Crippen LogP contribution is 2.44. The molecular weight excluding hydrogens is 552 g/mol. The normalized spacial score (nSPS) is 19.8. The Morgan fingerprint density at radius 2 is 1.79 bits per heavy atom. The van der Waals surface area contributed by atoms with E-state index >= 15 is 0 Å². The predicted molar refractivity (Wildman–Crippen MR) is 159 cm³/mol. The zero-order valence-electron chi connectivity index (χ0n) is 24.3. The molecule has 3 aromatic rings. The van der Waals surface area contributed by atoms with Crippen LogP contribution < -0.4 is 21.5 Å². The molecule has 2 bridgehead atoms. The highest BCUT2D eigenvalue weighted by atomic mass is 16.5. The van der Waals surface area contributed by atoms with Crippen LogP contribution in [-0.2, 0) is 25.7 Å². The number of anilines is 1. The first-order chi connectivity index (χ1) is 20.7. The third-order valence-electron chi connectivity index (χ3n) is 8.50. The van der Waals surface area contributed by atoms with E-state index in [1.54, 1.807) is 25.1 Å². The van der Waals surface area contributed by atoms with Crippen molar-refractivity contribution in [1.29, 1.82) is 0 Å². The molecule has 1 unspecified atom stereocenters. The van der Waals surface area contributed by atoms with Gasteiger partial charge in [-0.2, -0.15) is 0 Å². The second-order valence-corrected chi connectivity index (χ2v) is 11.2. The van der Waals surface area contributed by atoms with Gasteiger partial charge in [-0.15, -0.1) is 0 Å². The number of pyridine rings is 1. The lowest BCUT2D eigenvalue weighted by Gasteiger charge is -2.19. The summed E-state index contributed by atoms with van der Waals surface area (Å²) < 4.78 is 11.6. The van der Waals surface area contributed by atoms with Crippen molar-refractivity contribution >= 4 is 40.3 Å². The molecule has 0 saturated heterocycles. The maximum Gasteiger partial charge on any atom is 0.330 e. The SMILES string of the molecule is COC(=O)/C=C/CCC(NC(=O)c1oc2ccccc2c1C)C(=O)Nc1cccn(CC(=O)NC2C3CCC2CC3)c1=O. The number of hydrogen-bond donors (Lipinski definition) is 3. The van der Waals surface area contributed by atoms with Crippen LogP contribution in [0.1, 0.15) is 54.6 Å². The fraction of sp³-hybridized carbons (Fsp3) is 0.406. The molecule has 0 radical (unpaired) electrons. The van der Waals surface area contributed by atoms with E-state index in [-0.39, 0.29) is 42.8 Å². The van der Waals surface area contributed by atoms with Gasteiger partial charge in [0.1, 0.15) is 23.9 Å². The fourth-order valence-electron chi connectivity index (χ4n) is 6.24. The third-order valence-corrected chi connectivity index (χ3v) is 8.50. The fourth-order valence-corrected chi connectivity index (χ4v) is 6.24. The van der Waals surface area contributed by atoms with E-state index in [0.29, 0.717) is 23.0 Å². The van der Waals surface area contributed by atoms with Crippen LogP contribution in [-0.4, -0.2) is 47.5 Å². The predicted octanol–water partition coefficient (Wildman–Crippen LogP) is 3.45. The first kappa shape index (κ1) is 29.8. The van der Waals surface area contributed by atoms with Gasteiger partial charge in [-0.05, 0) is 75.5 Å². The molecule has 2 saturated carbocycles. The van der Waals surface area contributed by atoms with E-state index in [9.17, 15) is 24.0 Å². The van der Waals surface area contributed by atoms with Crippen molar-refractivity contribution < 1.29 is 28.3 Å². The molecule has 2 aliphatic carbocycles. The minimum atomic E-state index is -1.07. The first-order valence-electron chi connectivity index (χ1n) is 14.6. The Hall–Kier alpha value is -4.67. The second-order valence-electron chi connectivity index (χ2n) is 11.2. The number of ether oxygens (including phenoxy) is 1. The van der Waals surface area contributed by atoms with Gasteiger partial charge in [-0.3, -0.25) is 19.2 Å². The average Bonchev–Trinajstić information content (AvgIpc) is 3.68. The number of carbonyl (C=O) groups is 4. The van der Waals surface area contributed by atoms with Crippen LogP contribution >= 0.6 is 0 Å². The number of hydrogen-bond acceptors (Lipinski definition) is 7. The molecule has 1 atom stereocenters. The monoisotopic (exact) mass is 588 g/mol. The van der Waals surface area contributed by atoms with E-state index in [1.807, 2.05) is 12.1 Å². The molecule has 2 aromatic heterocycles. The summed E-state index contributed by atoms with van der Waals surface area (Å²) in [6, 6.07) is 9.34. The number of methoxy groups -OCH3 is 1. The molecule has 11 nitrogen and oxygen atoms in total. The van der Waals surface area contributed by atoms with E-state index in [1.165, 1.54) is 36.1 Å². The zero-order chi connectivity index (χ0) is 30.5. The number of nitrogens with zero attached hydrogens (tertiary/aromatic N) is 1. The summed E-state index contributed by atoms with van der Waals surface area (Å²) in [4.78, 5) is 64.1. The number of benzene rings is 1. The molecule has 5 rings (SSSR count). The topological polar surface area (TPSA) is 149 Å². The van der Waals surface area contributed by atoms with Crippen molar-refractivity contribution in [2.24, 2.45) is 11.8 Å². The van der Waals surface area contributed by atoms with Crippen molar-refractivity contribution in [1.82, 2.24) is 15.2 Å². The van der Waals surface area contributed by atoms with Crippen molar-refractivity contribution in [3.63, 3.8) is 0 Å². The van der Waals surface area contributed by atoms with Crippen LogP contribution in [0.25, 0.3) is 11.0 Å². The Morgan fingerprint density at radius 1 is 1.07 bits per heavy atom. The van der Waals surface area contributed by atoms with Gasteiger partial charge in [-0.25, -0.2) is 4.79 Å². The summed E-state index contributed by atoms with van der Waals surface area (Å²) in [5.74, 6) is -0.906. The number of allylic oxidation sites excluding steroid dienone is 1. The summed E-state index contributed by atoms with van der Waals surface area (Å²) in [6.45, 7) is 1.59. The zero-order valence-corrected chi connectivity index (χ0v) is 24.3. The molecule has 1 aromatic carbocycles. The Bertz CT molecular complexity index is 1600. The minimum Gasteiger partial charge on any atom is -0.466 e. The van der Waals surface area contributed by atoms with Crippen molar-refractivity contribution in [2.45, 2.75) is 64.1 Å². The van der Waals surface area contributed by atoms with E-state index in [4.69, 9.17) is 4.42 Å². The van der Waals surface area contributed by atoms with E-state index < -0.39 is 29.4 Å². The van der Waals surface area contributed by atoms with Gasteiger partial charge in [-0.1, -0.05) is 24.3 Å². The quantitative estimate of drug-likeness (QED) is 0.229. The van der Waals surface area contributed by atoms with Crippen molar-refractivity contribution in [3.05, 3.63) is 76.4 Å². The molecule has 2 heterocycles. The van der Waals surface area contributed by atoms with Gasteiger partial charge in [0.05, 0.1) is 7.11 Å². The lowest BCUT2D eigenvalue weighted by atomic mass is 10.0. The lowest BCUT2D eigenvalue weighted by molar-refractivity contribution is -0.134. The number of furan rings is 1. The van der Waals surface area contributed by atoms with Crippen LogP contribution in [0.2, 0.25) is 0 Å². The highest BCUT2D eigenvalue weighted by molar-refractivity contribution is 6.03. The summed E-state index contributed by atoms with van der Waals surface area (Å²) in [5.41, 5.74) is 0.615. The number of rotatable bonds is 11. The largest absolute Gasteiger partial charge is 0.466 e. The molecule has 226 valence electrons. The molecule has 3 amide bonds. The maximum absolute atomic E-state index is 13.4. The summed E-state index contributed by atoms with van der Waals surface area (Å²) in [7, 11) is 1.26.